The number of aromatic nitrogens is 2. The first-order chi connectivity index (χ1) is 12.7. The van der Waals surface area contributed by atoms with Gasteiger partial charge in [-0.25, -0.2) is 0 Å². The zero-order chi connectivity index (χ0) is 17.4. The number of benzene rings is 2. The van der Waals surface area contributed by atoms with E-state index >= 15 is 0 Å². The van der Waals surface area contributed by atoms with E-state index in [1.54, 1.807) is 28.8 Å². The van der Waals surface area contributed by atoms with E-state index in [4.69, 9.17) is 9.47 Å². The molecule has 0 radical (unpaired) electrons. The van der Waals surface area contributed by atoms with Crippen LogP contribution in [0.2, 0.25) is 0 Å². The molecule has 4 heterocycles. The molecule has 1 aliphatic rings. The fourth-order valence-electron chi connectivity index (χ4n) is 4.00. The molecule has 0 atom stereocenters. The topological polar surface area (TPSA) is 73.1 Å². The van der Waals surface area contributed by atoms with Gasteiger partial charge in [0.15, 0.2) is 11.5 Å². The molecule has 1 N–H and O–H groups in total. The summed E-state index contributed by atoms with van der Waals surface area (Å²) >= 11 is 0. The molecule has 6 heteroatoms. The fourth-order valence-corrected chi connectivity index (χ4v) is 4.00. The number of hydrogen-bond acceptors (Lipinski definition) is 5. The van der Waals surface area contributed by atoms with E-state index in [0.717, 1.165) is 32.7 Å². The van der Waals surface area contributed by atoms with Gasteiger partial charge in [-0.2, -0.15) is 0 Å². The highest BCUT2D eigenvalue weighted by atomic mass is 16.6. The van der Waals surface area contributed by atoms with Crippen molar-refractivity contribution >= 4 is 38.1 Å². The third kappa shape index (κ3) is 1.52. The third-order valence-corrected chi connectivity index (χ3v) is 5.04. The fraction of sp³-hybridized carbons (Fsp3) is 0.100. The van der Waals surface area contributed by atoms with E-state index in [-0.39, 0.29) is 11.3 Å². The second-order valence-electron chi connectivity index (χ2n) is 6.41. The Hall–Kier alpha value is -3.54. The second-order valence-corrected chi connectivity index (χ2v) is 6.41. The first-order valence-corrected chi connectivity index (χ1v) is 8.34. The zero-order valence-electron chi connectivity index (χ0n) is 13.5. The summed E-state index contributed by atoms with van der Waals surface area (Å²) in [6.45, 7) is 0.867. The number of hydrogen-bond donors (Lipinski definition) is 1. The third-order valence-electron chi connectivity index (χ3n) is 5.04. The number of rotatable bonds is 0. The van der Waals surface area contributed by atoms with Crippen LogP contribution in [0.1, 0.15) is 0 Å². The molecule has 6 rings (SSSR count). The predicted molar refractivity (Wildman–Crippen MR) is 97.8 cm³/mol. The summed E-state index contributed by atoms with van der Waals surface area (Å²) in [7, 11) is 0. The zero-order valence-corrected chi connectivity index (χ0v) is 13.5. The van der Waals surface area contributed by atoms with Crippen molar-refractivity contribution in [2.24, 2.45) is 0 Å². The van der Waals surface area contributed by atoms with Crippen LogP contribution in [0.15, 0.2) is 47.4 Å². The van der Waals surface area contributed by atoms with Gasteiger partial charge in [-0.15, -0.1) is 0 Å². The molecule has 0 fully saturated rings. The molecule has 0 spiro atoms. The molecule has 1 aliphatic heterocycles. The minimum Gasteiger partial charge on any atom is -0.508 e. The maximum absolute atomic E-state index is 13.5. The quantitative estimate of drug-likeness (QED) is 0.437. The van der Waals surface area contributed by atoms with Gasteiger partial charge in [0.05, 0.1) is 21.9 Å². The summed E-state index contributed by atoms with van der Waals surface area (Å²) in [5.74, 6) is 1.21. The van der Waals surface area contributed by atoms with Crippen molar-refractivity contribution in [2.45, 2.75) is 0 Å². The summed E-state index contributed by atoms with van der Waals surface area (Å²) in [6.07, 6.45) is 1.72. The van der Waals surface area contributed by atoms with E-state index in [1.807, 2.05) is 18.2 Å². The molecule has 0 bridgehead atoms. The summed E-state index contributed by atoms with van der Waals surface area (Å²) in [6, 6.07) is 10.6. The summed E-state index contributed by atoms with van der Waals surface area (Å²) in [4.78, 5) is 18.0. The molecule has 0 saturated heterocycles. The summed E-state index contributed by atoms with van der Waals surface area (Å²) < 4.78 is 13.1. The molecule has 0 saturated carbocycles. The molecule has 2 aromatic carbocycles. The molecule has 3 aromatic heterocycles. The van der Waals surface area contributed by atoms with Crippen LogP contribution in [0.5, 0.6) is 17.2 Å². The van der Waals surface area contributed by atoms with Crippen molar-refractivity contribution in [2.75, 3.05) is 13.2 Å². The Kier molecular flexibility index (Phi) is 2.40. The van der Waals surface area contributed by atoms with Crippen LogP contribution >= 0.6 is 0 Å². The van der Waals surface area contributed by atoms with E-state index in [0.29, 0.717) is 30.1 Å². The number of phenols is 1. The van der Waals surface area contributed by atoms with Crippen LogP contribution in [0.3, 0.4) is 0 Å². The molecule has 26 heavy (non-hydrogen) atoms. The van der Waals surface area contributed by atoms with E-state index in [9.17, 15) is 9.90 Å². The average molecular weight is 344 g/mol. The van der Waals surface area contributed by atoms with Crippen LogP contribution in [-0.4, -0.2) is 27.7 Å². The van der Waals surface area contributed by atoms with Crippen molar-refractivity contribution in [1.29, 1.82) is 0 Å². The SMILES string of the molecule is O=c1c2c3c(ccc2c2nccc4c5cc(O)ccc5n1c42)OCCO3. The molecule has 0 unspecified atom stereocenters. The van der Waals surface area contributed by atoms with E-state index in [2.05, 4.69) is 4.98 Å². The van der Waals surface area contributed by atoms with Crippen LogP contribution in [0.25, 0.3) is 38.1 Å². The number of pyridine rings is 2. The Labute approximate surface area is 146 Å². The molecule has 0 amide bonds. The van der Waals surface area contributed by atoms with Crippen LogP contribution < -0.4 is 15.0 Å². The smallest absolute Gasteiger partial charge is 0.267 e. The van der Waals surface area contributed by atoms with Gasteiger partial charge < -0.3 is 14.6 Å². The van der Waals surface area contributed by atoms with Gasteiger partial charge in [0, 0.05) is 22.4 Å². The molecule has 0 aliphatic carbocycles. The Morgan fingerprint density at radius 3 is 2.81 bits per heavy atom. The lowest BCUT2D eigenvalue weighted by molar-refractivity contribution is 0.174. The molecular weight excluding hydrogens is 332 g/mol. The molecule has 5 aromatic rings. The molecule has 126 valence electrons. The number of aromatic hydroxyl groups is 1. The highest BCUT2D eigenvalue weighted by Crippen LogP contribution is 2.40. The number of ether oxygens (including phenoxy) is 2. The second kappa shape index (κ2) is 4.54. The lowest BCUT2D eigenvalue weighted by Gasteiger charge is -2.20. The van der Waals surface area contributed by atoms with Crippen molar-refractivity contribution in [3.8, 4) is 17.2 Å². The van der Waals surface area contributed by atoms with Crippen molar-refractivity contribution < 1.29 is 14.6 Å². The first kappa shape index (κ1) is 13.7. The molecule has 6 nitrogen and oxygen atoms in total. The van der Waals surface area contributed by atoms with E-state index < -0.39 is 0 Å². The predicted octanol–water partition coefficient (Wildman–Crippen LogP) is 3.07. The van der Waals surface area contributed by atoms with Crippen LogP contribution in [0.4, 0.5) is 0 Å². The van der Waals surface area contributed by atoms with Gasteiger partial charge in [0.25, 0.3) is 5.56 Å². The Morgan fingerprint density at radius 1 is 1.00 bits per heavy atom. The van der Waals surface area contributed by atoms with Gasteiger partial charge >= 0.3 is 0 Å². The van der Waals surface area contributed by atoms with Gasteiger partial charge in [0.1, 0.15) is 19.0 Å². The largest absolute Gasteiger partial charge is 0.508 e. The van der Waals surface area contributed by atoms with Crippen LogP contribution in [0, 0.1) is 0 Å². The van der Waals surface area contributed by atoms with Crippen molar-refractivity contribution in [3.05, 3.63) is 52.9 Å². The Balaban J connectivity index is 1.98. The lowest BCUT2D eigenvalue weighted by Crippen LogP contribution is -2.20. The summed E-state index contributed by atoms with van der Waals surface area (Å²) in [5, 5.41) is 12.8. The monoisotopic (exact) mass is 344 g/mol. The summed E-state index contributed by atoms with van der Waals surface area (Å²) in [5.41, 5.74) is 2.04. The standard InChI is InChI=1S/C20H12N2O4/c23-10-1-3-14-13(9-10)11-5-6-21-17-12-2-4-15-19(26-8-7-25-15)16(12)20(24)22(14)18(11)17/h1-6,9,23H,7-8H2. The van der Waals surface area contributed by atoms with Gasteiger partial charge in [-0.05, 0) is 36.4 Å². The van der Waals surface area contributed by atoms with Gasteiger partial charge in [0.2, 0.25) is 0 Å². The normalized spacial score (nSPS) is 14.0. The minimum absolute atomic E-state index is 0.160. The minimum atomic E-state index is -0.173. The lowest BCUT2D eigenvalue weighted by atomic mass is 10.1. The Bertz CT molecular complexity index is 1420. The Morgan fingerprint density at radius 2 is 1.88 bits per heavy atom. The molecular formula is C20H12N2O4. The average Bonchev–Trinajstić information content (AvgIpc) is 3.00. The maximum atomic E-state index is 13.5. The highest BCUT2D eigenvalue weighted by molar-refractivity contribution is 6.19. The van der Waals surface area contributed by atoms with Gasteiger partial charge in [-0.3, -0.25) is 14.2 Å². The number of fused-ring (bicyclic) bond motifs is 7. The van der Waals surface area contributed by atoms with Crippen LogP contribution in [-0.2, 0) is 0 Å². The number of nitrogens with zero attached hydrogens (tertiary/aromatic N) is 2. The highest BCUT2D eigenvalue weighted by Gasteiger charge is 2.23. The van der Waals surface area contributed by atoms with E-state index in [1.165, 1.54) is 0 Å². The van der Waals surface area contributed by atoms with Crippen molar-refractivity contribution in [3.63, 3.8) is 0 Å². The number of phenolic OH excluding ortho intramolecular Hbond substituents is 1. The van der Waals surface area contributed by atoms with Crippen molar-refractivity contribution in [1.82, 2.24) is 9.38 Å². The first-order valence-electron chi connectivity index (χ1n) is 8.34. The van der Waals surface area contributed by atoms with Gasteiger partial charge in [-0.1, -0.05) is 0 Å². The maximum Gasteiger partial charge on any atom is 0.267 e.